The number of benzene rings is 1. The molecule has 0 aliphatic carbocycles. The van der Waals surface area contributed by atoms with E-state index in [0.717, 1.165) is 12.0 Å². The van der Waals surface area contributed by atoms with Crippen LogP contribution in [0.1, 0.15) is 16.9 Å². The van der Waals surface area contributed by atoms with E-state index in [1.807, 2.05) is 47.9 Å². The second kappa shape index (κ2) is 6.16. The highest BCUT2D eigenvalue weighted by atomic mass is 32.1. The van der Waals surface area contributed by atoms with Crippen LogP contribution in [0.5, 0.6) is 0 Å². The third-order valence-corrected chi connectivity index (χ3v) is 3.40. The first-order valence-corrected chi connectivity index (χ1v) is 6.51. The third kappa shape index (κ3) is 4.00. The van der Waals surface area contributed by atoms with Crippen LogP contribution in [0.25, 0.3) is 6.08 Å². The number of hydrogen-bond acceptors (Lipinski definition) is 2. The molecule has 0 aliphatic rings. The molecule has 1 aromatic carbocycles. The van der Waals surface area contributed by atoms with Crippen molar-refractivity contribution in [1.82, 2.24) is 0 Å². The molecule has 1 heterocycles. The zero-order chi connectivity index (χ0) is 11.9. The smallest absolute Gasteiger partial charge is 0.156 e. The lowest BCUT2D eigenvalue weighted by Gasteiger charge is -1.94. The van der Waals surface area contributed by atoms with Crippen LogP contribution in [-0.4, -0.2) is 5.78 Å². The van der Waals surface area contributed by atoms with Crippen molar-refractivity contribution < 1.29 is 4.79 Å². The van der Waals surface area contributed by atoms with Crippen LogP contribution in [0.2, 0.25) is 0 Å². The first-order chi connectivity index (χ1) is 8.34. The van der Waals surface area contributed by atoms with Gasteiger partial charge in [0.25, 0.3) is 0 Å². The highest BCUT2D eigenvalue weighted by Gasteiger charge is 1.99. The molecule has 2 heteroatoms. The lowest BCUT2D eigenvalue weighted by molar-refractivity contribution is -0.114. The summed E-state index contributed by atoms with van der Waals surface area (Å²) >= 11 is 1.70. The molecule has 0 N–H and O–H groups in total. The van der Waals surface area contributed by atoms with Crippen molar-refractivity contribution in [1.29, 1.82) is 0 Å². The predicted molar refractivity (Wildman–Crippen MR) is 73.1 cm³/mol. The van der Waals surface area contributed by atoms with E-state index in [0.29, 0.717) is 6.42 Å². The maximum Gasteiger partial charge on any atom is 0.156 e. The maximum atomic E-state index is 11.6. The van der Waals surface area contributed by atoms with Gasteiger partial charge in [0.05, 0.1) is 0 Å². The minimum atomic E-state index is 0.183. The Bertz CT molecular complexity index is 483. The Morgan fingerprint density at radius 2 is 1.94 bits per heavy atom. The Hall–Kier alpha value is -1.67. The van der Waals surface area contributed by atoms with E-state index in [2.05, 4.69) is 6.07 Å². The van der Waals surface area contributed by atoms with Crippen LogP contribution in [0, 0.1) is 0 Å². The van der Waals surface area contributed by atoms with Gasteiger partial charge in [0.1, 0.15) is 0 Å². The van der Waals surface area contributed by atoms with E-state index < -0.39 is 0 Å². The van der Waals surface area contributed by atoms with Crippen molar-refractivity contribution in [3.63, 3.8) is 0 Å². The molecule has 0 saturated carbocycles. The quantitative estimate of drug-likeness (QED) is 0.725. The molecular formula is C15H14OS. The number of thiophene rings is 1. The summed E-state index contributed by atoms with van der Waals surface area (Å²) in [5.74, 6) is 0.183. The molecule has 0 amide bonds. The first-order valence-electron chi connectivity index (χ1n) is 5.63. The fourth-order valence-corrected chi connectivity index (χ4v) is 2.25. The molecule has 0 radical (unpaired) electrons. The molecule has 0 aliphatic heterocycles. The highest BCUT2D eigenvalue weighted by Crippen LogP contribution is 2.11. The number of rotatable bonds is 5. The van der Waals surface area contributed by atoms with Crippen LogP contribution in [0.3, 0.4) is 0 Å². The molecule has 0 spiro atoms. The minimum absolute atomic E-state index is 0.183. The summed E-state index contributed by atoms with van der Waals surface area (Å²) in [5, 5.41) is 2.04. The largest absolute Gasteiger partial charge is 0.295 e. The van der Waals surface area contributed by atoms with Gasteiger partial charge in [-0.2, -0.15) is 0 Å². The summed E-state index contributed by atoms with van der Waals surface area (Å²) in [4.78, 5) is 12.9. The van der Waals surface area contributed by atoms with Gasteiger partial charge in [0.2, 0.25) is 0 Å². The predicted octanol–water partition coefficient (Wildman–Crippen LogP) is 3.96. The highest BCUT2D eigenvalue weighted by molar-refractivity contribution is 7.09. The molecule has 17 heavy (non-hydrogen) atoms. The van der Waals surface area contributed by atoms with E-state index >= 15 is 0 Å². The van der Waals surface area contributed by atoms with Crippen molar-refractivity contribution in [2.24, 2.45) is 0 Å². The molecule has 0 atom stereocenters. The lowest BCUT2D eigenvalue weighted by atomic mass is 10.1. The fraction of sp³-hybridized carbons (Fsp3) is 0.133. The Labute approximate surface area is 105 Å². The van der Waals surface area contributed by atoms with Gasteiger partial charge >= 0.3 is 0 Å². The summed E-state index contributed by atoms with van der Waals surface area (Å²) in [7, 11) is 0. The van der Waals surface area contributed by atoms with Gasteiger partial charge in [-0.25, -0.2) is 0 Å². The van der Waals surface area contributed by atoms with Crippen LogP contribution in [0.4, 0.5) is 0 Å². The SMILES string of the molecule is O=C(C=Cc1ccccc1)CCc1cccs1. The molecular weight excluding hydrogens is 228 g/mol. The monoisotopic (exact) mass is 242 g/mol. The summed E-state index contributed by atoms with van der Waals surface area (Å²) in [6.07, 6.45) is 4.97. The summed E-state index contributed by atoms with van der Waals surface area (Å²) < 4.78 is 0. The summed E-state index contributed by atoms with van der Waals surface area (Å²) in [6, 6.07) is 14.0. The summed E-state index contributed by atoms with van der Waals surface area (Å²) in [6.45, 7) is 0. The number of carbonyl (C=O) groups is 1. The summed E-state index contributed by atoms with van der Waals surface area (Å²) in [5.41, 5.74) is 1.07. The van der Waals surface area contributed by atoms with Crippen molar-refractivity contribution in [3.05, 3.63) is 64.4 Å². The molecule has 86 valence electrons. The zero-order valence-corrected chi connectivity index (χ0v) is 10.3. The van der Waals surface area contributed by atoms with Gasteiger partial charge in [0, 0.05) is 11.3 Å². The Morgan fingerprint density at radius 1 is 1.12 bits per heavy atom. The van der Waals surface area contributed by atoms with Crippen molar-refractivity contribution in [2.45, 2.75) is 12.8 Å². The molecule has 2 rings (SSSR count). The average Bonchev–Trinajstić information content (AvgIpc) is 2.88. The van der Waals surface area contributed by atoms with Gasteiger partial charge in [-0.05, 0) is 29.5 Å². The Kier molecular flexibility index (Phi) is 4.28. The Morgan fingerprint density at radius 3 is 2.65 bits per heavy atom. The van der Waals surface area contributed by atoms with Gasteiger partial charge in [-0.15, -0.1) is 11.3 Å². The molecule has 0 bridgehead atoms. The van der Waals surface area contributed by atoms with Gasteiger partial charge in [0.15, 0.2) is 5.78 Å². The van der Waals surface area contributed by atoms with Gasteiger partial charge < -0.3 is 0 Å². The first kappa shape index (κ1) is 11.8. The average molecular weight is 242 g/mol. The van der Waals surface area contributed by atoms with Crippen LogP contribution >= 0.6 is 11.3 Å². The molecule has 1 aromatic heterocycles. The minimum Gasteiger partial charge on any atom is -0.295 e. The lowest BCUT2D eigenvalue weighted by Crippen LogP contribution is -1.94. The zero-order valence-electron chi connectivity index (χ0n) is 9.50. The molecule has 2 aromatic rings. The van der Waals surface area contributed by atoms with E-state index in [-0.39, 0.29) is 5.78 Å². The number of carbonyl (C=O) groups excluding carboxylic acids is 1. The number of hydrogen-bond donors (Lipinski definition) is 0. The van der Waals surface area contributed by atoms with Crippen LogP contribution < -0.4 is 0 Å². The maximum absolute atomic E-state index is 11.6. The van der Waals surface area contributed by atoms with Crippen molar-refractivity contribution >= 4 is 23.2 Å². The van der Waals surface area contributed by atoms with Crippen LogP contribution in [0.15, 0.2) is 53.9 Å². The Balaban J connectivity index is 1.83. The van der Waals surface area contributed by atoms with Gasteiger partial charge in [-0.1, -0.05) is 42.5 Å². The van der Waals surface area contributed by atoms with Gasteiger partial charge in [-0.3, -0.25) is 4.79 Å². The second-order valence-electron chi connectivity index (χ2n) is 3.79. The normalized spacial score (nSPS) is 10.8. The third-order valence-electron chi connectivity index (χ3n) is 2.46. The molecule has 0 unspecified atom stereocenters. The number of ketones is 1. The van der Waals surface area contributed by atoms with E-state index in [9.17, 15) is 4.79 Å². The molecule has 0 fully saturated rings. The topological polar surface area (TPSA) is 17.1 Å². The number of allylic oxidation sites excluding steroid dienone is 1. The van der Waals surface area contributed by atoms with E-state index in [4.69, 9.17) is 0 Å². The van der Waals surface area contributed by atoms with E-state index in [1.165, 1.54) is 4.88 Å². The standard InChI is InChI=1S/C15H14OS/c16-14(10-11-15-7-4-12-17-15)9-8-13-5-2-1-3-6-13/h1-9,12H,10-11H2. The molecule has 1 nitrogen and oxygen atoms in total. The van der Waals surface area contributed by atoms with Crippen molar-refractivity contribution in [3.8, 4) is 0 Å². The molecule has 0 saturated heterocycles. The van der Waals surface area contributed by atoms with E-state index in [1.54, 1.807) is 17.4 Å². The van der Waals surface area contributed by atoms with Crippen LogP contribution in [-0.2, 0) is 11.2 Å². The number of aryl methyl sites for hydroxylation is 1. The second-order valence-corrected chi connectivity index (χ2v) is 4.82. The fourth-order valence-electron chi connectivity index (χ4n) is 1.54. The van der Waals surface area contributed by atoms with Crippen molar-refractivity contribution in [2.75, 3.05) is 0 Å².